The summed E-state index contributed by atoms with van der Waals surface area (Å²) >= 11 is 0. The first-order valence-electron chi connectivity index (χ1n) is 11.7. The minimum Gasteiger partial charge on any atom is -0.460 e. The Labute approximate surface area is 217 Å². The highest BCUT2D eigenvalue weighted by Crippen LogP contribution is 2.25. The summed E-state index contributed by atoms with van der Waals surface area (Å²) < 4.78 is 41.1. The summed E-state index contributed by atoms with van der Waals surface area (Å²) in [5.41, 5.74) is 1.59. The van der Waals surface area contributed by atoms with Gasteiger partial charge in [0.25, 0.3) is 0 Å². The van der Waals surface area contributed by atoms with Crippen molar-refractivity contribution in [3.05, 3.63) is 95.6 Å². The van der Waals surface area contributed by atoms with Gasteiger partial charge in [-0.05, 0) is 63.1 Å². The lowest BCUT2D eigenvalue weighted by Crippen LogP contribution is -2.33. The molecule has 0 spiro atoms. The average molecular weight is 526 g/mol. The van der Waals surface area contributed by atoms with E-state index in [1.807, 2.05) is 37.3 Å². The number of carbonyl (C=O) groups excluding carboxylic acids is 2. The van der Waals surface area contributed by atoms with E-state index in [0.29, 0.717) is 5.56 Å². The molecule has 8 nitrogen and oxygen atoms in total. The molecule has 0 aliphatic heterocycles. The summed E-state index contributed by atoms with van der Waals surface area (Å²) in [6, 6.07) is 20.8. The van der Waals surface area contributed by atoms with E-state index in [4.69, 9.17) is 13.7 Å². The van der Waals surface area contributed by atoms with Gasteiger partial charge in [0, 0.05) is 0 Å². The highest BCUT2D eigenvalue weighted by Gasteiger charge is 2.24. The van der Waals surface area contributed by atoms with Gasteiger partial charge < -0.3 is 19.0 Å². The van der Waals surface area contributed by atoms with Crippen LogP contribution in [0, 0.1) is 6.92 Å². The molecule has 0 heterocycles. The Morgan fingerprint density at radius 3 is 2.11 bits per heavy atom. The molecule has 9 heteroatoms. The van der Waals surface area contributed by atoms with Gasteiger partial charge in [-0.3, -0.25) is 4.79 Å². The van der Waals surface area contributed by atoms with Crippen molar-refractivity contribution < 1.29 is 31.7 Å². The standard InChI is InChI=1S/C28H31NO7S/c1-20-10-16-24(17-11-20)37(32,33)36-23-14-12-22(13-15-23)25(18-26(30)35-28(2,3)4)29-27(31)34-19-21-8-6-5-7-9-21/h5-17,25H,18-19H2,1-4H3,(H,29,31). The lowest BCUT2D eigenvalue weighted by atomic mass is 10.0. The van der Waals surface area contributed by atoms with Crippen LogP contribution in [0.15, 0.2) is 83.8 Å². The van der Waals surface area contributed by atoms with E-state index >= 15 is 0 Å². The number of ether oxygens (including phenoxy) is 2. The van der Waals surface area contributed by atoms with Gasteiger partial charge in [0.2, 0.25) is 0 Å². The Kier molecular flexibility index (Phi) is 8.94. The van der Waals surface area contributed by atoms with Crippen molar-refractivity contribution in [3.8, 4) is 5.75 Å². The molecule has 1 atom stereocenters. The van der Waals surface area contributed by atoms with Gasteiger partial charge in [-0.1, -0.05) is 60.2 Å². The predicted octanol–water partition coefficient (Wildman–Crippen LogP) is 5.46. The molecule has 196 valence electrons. The van der Waals surface area contributed by atoms with Crippen molar-refractivity contribution in [1.29, 1.82) is 0 Å². The third kappa shape index (κ3) is 8.95. The first kappa shape index (κ1) is 27.7. The van der Waals surface area contributed by atoms with E-state index in [9.17, 15) is 18.0 Å². The molecule has 3 rings (SSSR count). The molecular formula is C28H31NO7S. The van der Waals surface area contributed by atoms with Crippen molar-refractivity contribution in [2.75, 3.05) is 0 Å². The number of hydrogen-bond donors (Lipinski definition) is 1. The number of rotatable bonds is 9. The fourth-order valence-corrected chi connectivity index (χ4v) is 4.27. The van der Waals surface area contributed by atoms with Crippen LogP contribution in [0.2, 0.25) is 0 Å². The molecule has 0 saturated carbocycles. The summed E-state index contributed by atoms with van der Waals surface area (Å²) in [5.74, 6) is -0.421. The van der Waals surface area contributed by atoms with E-state index < -0.39 is 33.8 Å². The molecule has 3 aromatic carbocycles. The van der Waals surface area contributed by atoms with E-state index in [1.165, 1.54) is 24.3 Å². The van der Waals surface area contributed by atoms with Crippen molar-refractivity contribution in [2.24, 2.45) is 0 Å². The zero-order valence-corrected chi connectivity index (χ0v) is 22.1. The van der Waals surface area contributed by atoms with Crippen LogP contribution in [0.1, 0.15) is 49.9 Å². The van der Waals surface area contributed by atoms with Crippen LogP contribution in [0.5, 0.6) is 5.75 Å². The fraction of sp³-hybridized carbons (Fsp3) is 0.286. The van der Waals surface area contributed by atoms with Crippen LogP contribution in [0.3, 0.4) is 0 Å². The van der Waals surface area contributed by atoms with Crippen molar-refractivity contribution in [3.63, 3.8) is 0 Å². The third-order valence-electron chi connectivity index (χ3n) is 5.09. The maximum Gasteiger partial charge on any atom is 0.407 e. The maximum atomic E-state index is 12.6. The number of benzene rings is 3. The Hall–Kier alpha value is -3.85. The van der Waals surface area contributed by atoms with Crippen LogP contribution in [0.25, 0.3) is 0 Å². The van der Waals surface area contributed by atoms with Crippen molar-refractivity contribution in [1.82, 2.24) is 5.32 Å². The number of aryl methyl sites for hydroxylation is 1. The topological polar surface area (TPSA) is 108 Å². The van der Waals surface area contributed by atoms with E-state index in [2.05, 4.69) is 5.32 Å². The van der Waals surface area contributed by atoms with Crippen molar-refractivity contribution in [2.45, 2.75) is 57.3 Å². The number of alkyl carbamates (subject to hydrolysis) is 1. The predicted molar refractivity (Wildman–Crippen MR) is 138 cm³/mol. The minimum atomic E-state index is -4.02. The third-order valence-corrected chi connectivity index (χ3v) is 6.36. The van der Waals surface area contributed by atoms with Crippen LogP contribution >= 0.6 is 0 Å². The van der Waals surface area contributed by atoms with Crippen LogP contribution < -0.4 is 9.50 Å². The quantitative estimate of drug-likeness (QED) is 0.292. The smallest absolute Gasteiger partial charge is 0.407 e. The van der Waals surface area contributed by atoms with E-state index in [0.717, 1.165) is 11.1 Å². The Balaban J connectivity index is 1.73. The van der Waals surface area contributed by atoms with Gasteiger partial charge in [-0.15, -0.1) is 0 Å². The van der Waals surface area contributed by atoms with Crippen molar-refractivity contribution >= 4 is 22.2 Å². The molecule has 37 heavy (non-hydrogen) atoms. The number of carbonyl (C=O) groups is 2. The second-order valence-corrected chi connectivity index (χ2v) is 11.0. The molecular weight excluding hydrogens is 494 g/mol. The Morgan fingerprint density at radius 1 is 0.892 bits per heavy atom. The highest BCUT2D eigenvalue weighted by atomic mass is 32.2. The SMILES string of the molecule is Cc1ccc(S(=O)(=O)Oc2ccc(C(CC(=O)OC(C)(C)C)NC(=O)OCc3ccccc3)cc2)cc1. The summed E-state index contributed by atoms with van der Waals surface area (Å²) in [6.07, 6.45) is -0.862. The maximum absolute atomic E-state index is 12.6. The Bertz CT molecular complexity index is 1300. The minimum absolute atomic E-state index is 0.0350. The Morgan fingerprint density at radius 2 is 1.51 bits per heavy atom. The summed E-state index contributed by atoms with van der Waals surface area (Å²) in [5, 5.41) is 2.70. The first-order chi connectivity index (χ1) is 17.4. The molecule has 0 aliphatic rings. The second kappa shape index (κ2) is 11.9. The molecule has 0 bridgehead atoms. The molecule has 1 unspecified atom stereocenters. The molecule has 3 aromatic rings. The summed E-state index contributed by atoms with van der Waals surface area (Å²) in [4.78, 5) is 25.1. The summed E-state index contributed by atoms with van der Waals surface area (Å²) in [6.45, 7) is 7.18. The van der Waals surface area contributed by atoms with E-state index in [-0.39, 0.29) is 23.7 Å². The molecule has 0 aliphatic carbocycles. The average Bonchev–Trinajstić information content (AvgIpc) is 2.82. The number of hydrogen-bond acceptors (Lipinski definition) is 7. The number of esters is 1. The van der Waals surface area contributed by atoms with Gasteiger partial charge in [0.05, 0.1) is 12.5 Å². The zero-order valence-electron chi connectivity index (χ0n) is 21.3. The monoisotopic (exact) mass is 525 g/mol. The van der Waals surface area contributed by atoms with Crippen LogP contribution in [0.4, 0.5) is 4.79 Å². The highest BCUT2D eigenvalue weighted by molar-refractivity contribution is 7.87. The van der Waals surface area contributed by atoms with E-state index in [1.54, 1.807) is 45.0 Å². The molecule has 1 amide bonds. The summed E-state index contributed by atoms with van der Waals surface area (Å²) in [7, 11) is -4.02. The lowest BCUT2D eigenvalue weighted by Gasteiger charge is -2.23. The molecule has 0 fully saturated rings. The fourth-order valence-electron chi connectivity index (χ4n) is 3.34. The molecule has 0 aromatic heterocycles. The van der Waals surface area contributed by atoms with Gasteiger partial charge in [-0.25, -0.2) is 4.79 Å². The van der Waals surface area contributed by atoms with Gasteiger partial charge in [-0.2, -0.15) is 8.42 Å². The first-order valence-corrected chi connectivity index (χ1v) is 13.1. The van der Waals surface area contributed by atoms with Gasteiger partial charge in [0.1, 0.15) is 22.9 Å². The van der Waals surface area contributed by atoms with Gasteiger partial charge >= 0.3 is 22.2 Å². The van der Waals surface area contributed by atoms with Crippen LogP contribution in [-0.2, 0) is 31.0 Å². The molecule has 0 saturated heterocycles. The lowest BCUT2D eigenvalue weighted by molar-refractivity contribution is -0.155. The number of nitrogens with one attached hydrogen (secondary N) is 1. The molecule has 0 radical (unpaired) electrons. The zero-order chi connectivity index (χ0) is 27.1. The molecule has 1 N–H and O–H groups in total. The second-order valence-electron chi connectivity index (χ2n) is 9.47. The number of amides is 1. The largest absolute Gasteiger partial charge is 0.460 e. The van der Waals surface area contributed by atoms with Crippen LogP contribution in [-0.4, -0.2) is 26.1 Å². The normalized spacial score (nSPS) is 12.3. The van der Waals surface area contributed by atoms with Gasteiger partial charge in [0.15, 0.2) is 0 Å².